The fourth-order valence-electron chi connectivity index (χ4n) is 2.09. The zero-order valence-corrected chi connectivity index (χ0v) is 9.89. The quantitative estimate of drug-likeness (QED) is 0.723. The second kappa shape index (κ2) is 4.34. The molecule has 0 aromatic carbocycles. The molecule has 1 atom stereocenters. The highest BCUT2D eigenvalue weighted by molar-refractivity contribution is 6.36. The first-order chi connectivity index (χ1) is 9.15. The van der Waals surface area contributed by atoms with Crippen LogP contribution in [0.25, 0.3) is 0 Å². The highest BCUT2D eigenvalue weighted by Gasteiger charge is 2.35. The van der Waals surface area contributed by atoms with Gasteiger partial charge in [0.05, 0.1) is 6.54 Å². The number of carboxylic acid groups (broad SMARTS) is 1. The van der Waals surface area contributed by atoms with Gasteiger partial charge in [-0.05, 0) is 0 Å². The van der Waals surface area contributed by atoms with Crippen LogP contribution in [0.15, 0.2) is 11.5 Å². The minimum atomic E-state index is -1.16. The third-order valence-corrected chi connectivity index (χ3v) is 3.14. The van der Waals surface area contributed by atoms with Gasteiger partial charge in [0.15, 0.2) is 11.5 Å². The number of carboxylic acids is 1. The summed E-state index contributed by atoms with van der Waals surface area (Å²) < 4.78 is 1.87. The average Bonchev–Trinajstić information content (AvgIpc) is 3.06. The van der Waals surface area contributed by atoms with Gasteiger partial charge in [0.25, 0.3) is 5.91 Å². The van der Waals surface area contributed by atoms with Gasteiger partial charge in [-0.1, -0.05) is 5.16 Å². The maximum absolute atomic E-state index is 12.2. The molecule has 0 aliphatic carbocycles. The average molecular weight is 265 g/mol. The minimum Gasteiger partial charge on any atom is -0.477 e. The zero-order chi connectivity index (χ0) is 13.4. The molecule has 1 N–H and O–H groups in total. The van der Waals surface area contributed by atoms with E-state index in [0.29, 0.717) is 25.5 Å². The van der Waals surface area contributed by atoms with Crippen LogP contribution in [0.5, 0.6) is 0 Å². The molecule has 3 heterocycles. The van der Waals surface area contributed by atoms with Crippen LogP contribution in [-0.4, -0.2) is 55.0 Å². The maximum Gasteiger partial charge on any atom is 0.353 e. The molecule has 9 heteroatoms. The van der Waals surface area contributed by atoms with Crippen LogP contribution in [0.2, 0.25) is 0 Å². The third-order valence-electron chi connectivity index (χ3n) is 3.14. The van der Waals surface area contributed by atoms with Crippen molar-refractivity contribution in [3.05, 3.63) is 12.2 Å². The van der Waals surface area contributed by atoms with E-state index in [1.54, 1.807) is 11.2 Å². The summed E-state index contributed by atoms with van der Waals surface area (Å²) >= 11 is 0. The van der Waals surface area contributed by atoms with E-state index < -0.39 is 12.1 Å². The van der Waals surface area contributed by atoms with E-state index in [1.807, 2.05) is 4.57 Å². The number of hydrogen-bond donors (Lipinski definition) is 1. The number of carbonyl (C=O) groups excluding carboxylic acids is 1. The van der Waals surface area contributed by atoms with Gasteiger partial charge in [-0.15, -0.1) is 10.2 Å². The molecule has 3 rings (SSSR count). The van der Waals surface area contributed by atoms with E-state index in [0.717, 1.165) is 0 Å². The van der Waals surface area contributed by atoms with Crippen molar-refractivity contribution >= 4 is 17.6 Å². The van der Waals surface area contributed by atoms with Crippen molar-refractivity contribution in [1.29, 1.82) is 0 Å². The normalized spacial score (nSPS) is 21.6. The smallest absolute Gasteiger partial charge is 0.353 e. The molecular weight excluding hydrogens is 254 g/mol. The molecule has 1 aromatic rings. The van der Waals surface area contributed by atoms with Crippen LogP contribution in [0.1, 0.15) is 12.2 Å². The fraction of sp³-hybridized carbons (Fsp3) is 0.500. The van der Waals surface area contributed by atoms with E-state index in [4.69, 9.17) is 9.94 Å². The summed E-state index contributed by atoms with van der Waals surface area (Å²) in [5.74, 6) is -0.722. The summed E-state index contributed by atoms with van der Waals surface area (Å²) in [6.45, 7) is 1.49. The van der Waals surface area contributed by atoms with Crippen LogP contribution >= 0.6 is 0 Å². The number of fused-ring (bicyclic) bond motifs is 1. The summed E-state index contributed by atoms with van der Waals surface area (Å²) in [5, 5.41) is 19.9. The van der Waals surface area contributed by atoms with Crippen LogP contribution in [0, 0.1) is 0 Å². The molecule has 1 unspecified atom stereocenters. The zero-order valence-electron chi connectivity index (χ0n) is 9.89. The summed E-state index contributed by atoms with van der Waals surface area (Å²) in [4.78, 5) is 29.4. The van der Waals surface area contributed by atoms with Gasteiger partial charge in [-0.3, -0.25) is 4.79 Å². The highest BCUT2D eigenvalue weighted by Crippen LogP contribution is 2.17. The second-order valence-electron chi connectivity index (χ2n) is 4.34. The second-order valence-corrected chi connectivity index (χ2v) is 4.34. The van der Waals surface area contributed by atoms with Gasteiger partial charge in [0.1, 0.15) is 6.33 Å². The molecule has 0 spiro atoms. The van der Waals surface area contributed by atoms with Gasteiger partial charge in [-0.25, -0.2) is 4.79 Å². The van der Waals surface area contributed by atoms with Gasteiger partial charge in [-0.2, -0.15) is 0 Å². The van der Waals surface area contributed by atoms with Crippen molar-refractivity contribution in [3.8, 4) is 0 Å². The SMILES string of the molecule is O=C(O)C1=NOC(C(=O)N2CCn3cnnc3C2)C1. The van der Waals surface area contributed by atoms with Crippen molar-refractivity contribution in [2.75, 3.05) is 6.54 Å². The molecule has 2 aliphatic rings. The Morgan fingerprint density at radius 3 is 3.00 bits per heavy atom. The monoisotopic (exact) mass is 265 g/mol. The van der Waals surface area contributed by atoms with Crippen molar-refractivity contribution in [1.82, 2.24) is 19.7 Å². The first kappa shape index (κ1) is 11.6. The molecule has 0 radical (unpaired) electrons. The van der Waals surface area contributed by atoms with Crippen LogP contribution in [0.3, 0.4) is 0 Å². The van der Waals surface area contributed by atoms with E-state index >= 15 is 0 Å². The van der Waals surface area contributed by atoms with Crippen molar-refractivity contribution < 1.29 is 19.5 Å². The largest absolute Gasteiger partial charge is 0.477 e. The Balaban J connectivity index is 1.65. The number of aromatic nitrogens is 3. The lowest BCUT2D eigenvalue weighted by atomic mass is 10.1. The lowest BCUT2D eigenvalue weighted by Gasteiger charge is -2.28. The number of rotatable bonds is 2. The molecule has 2 aliphatic heterocycles. The topological polar surface area (TPSA) is 110 Å². The van der Waals surface area contributed by atoms with Gasteiger partial charge < -0.3 is 19.4 Å². The van der Waals surface area contributed by atoms with E-state index in [1.165, 1.54) is 0 Å². The van der Waals surface area contributed by atoms with Gasteiger partial charge >= 0.3 is 5.97 Å². The van der Waals surface area contributed by atoms with E-state index in [-0.39, 0.29) is 18.0 Å². The standard InChI is InChI=1S/C10H11N5O4/c16-9(7-3-6(10(17)18)13-19-7)14-1-2-15-5-11-12-8(15)4-14/h5,7H,1-4H2,(H,17,18). The van der Waals surface area contributed by atoms with Gasteiger partial charge in [0.2, 0.25) is 6.10 Å². The molecule has 0 fully saturated rings. The molecule has 1 aromatic heterocycles. The molecule has 0 saturated carbocycles. The van der Waals surface area contributed by atoms with Crippen molar-refractivity contribution in [2.45, 2.75) is 25.6 Å². The molecule has 0 saturated heterocycles. The van der Waals surface area contributed by atoms with E-state index in [2.05, 4.69) is 15.4 Å². The Bertz CT molecular complexity index is 566. The van der Waals surface area contributed by atoms with Crippen molar-refractivity contribution in [3.63, 3.8) is 0 Å². The van der Waals surface area contributed by atoms with Crippen LogP contribution in [0.4, 0.5) is 0 Å². The maximum atomic E-state index is 12.2. The lowest BCUT2D eigenvalue weighted by Crippen LogP contribution is -2.43. The lowest BCUT2D eigenvalue weighted by molar-refractivity contribution is -0.143. The Hall–Kier alpha value is -2.45. The summed E-state index contributed by atoms with van der Waals surface area (Å²) in [5.41, 5.74) is -0.126. The number of carbonyl (C=O) groups is 2. The molecular formula is C10H11N5O4. The summed E-state index contributed by atoms with van der Waals surface area (Å²) in [6.07, 6.45) is 0.771. The first-order valence-corrected chi connectivity index (χ1v) is 5.76. The summed E-state index contributed by atoms with van der Waals surface area (Å²) in [6, 6.07) is 0. The van der Waals surface area contributed by atoms with Crippen LogP contribution < -0.4 is 0 Å². The number of nitrogens with zero attached hydrogens (tertiary/aromatic N) is 5. The van der Waals surface area contributed by atoms with E-state index in [9.17, 15) is 9.59 Å². The third kappa shape index (κ3) is 2.02. The minimum absolute atomic E-state index is 0.00262. The number of amides is 1. The Labute approximate surface area is 107 Å². The fourth-order valence-corrected chi connectivity index (χ4v) is 2.09. The molecule has 19 heavy (non-hydrogen) atoms. The van der Waals surface area contributed by atoms with Crippen LogP contribution in [-0.2, 0) is 27.5 Å². The number of aliphatic carboxylic acids is 1. The van der Waals surface area contributed by atoms with Gasteiger partial charge in [0, 0.05) is 19.5 Å². The Morgan fingerprint density at radius 2 is 2.26 bits per heavy atom. The first-order valence-electron chi connectivity index (χ1n) is 5.76. The summed E-state index contributed by atoms with van der Waals surface area (Å²) in [7, 11) is 0. The molecule has 1 amide bonds. The molecule has 0 bridgehead atoms. The number of hydrogen-bond acceptors (Lipinski definition) is 6. The Morgan fingerprint density at radius 1 is 1.42 bits per heavy atom. The molecule has 100 valence electrons. The molecule has 9 nitrogen and oxygen atoms in total. The number of oxime groups is 1. The predicted octanol–water partition coefficient (Wildman–Crippen LogP) is -1.15. The Kier molecular flexibility index (Phi) is 2.65. The van der Waals surface area contributed by atoms with Crippen molar-refractivity contribution in [2.24, 2.45) is 5.16 Å². The highest BCUT2D eigenvalue weighted by atomic mass is 16.6. The predicted molar refractivity (Wildman–Crippen MR) is 60.0 cm³/mol.